The number of hydrogen-bond acceptors (Lipinski definition) is 5. The van der Waals surface area contributed by atoms with Crippen molar-refractivity contribution < 1.29 is 23.6 Å². The smallest absolute Gasteiger partial charge is 0.457 e. The van der Waals surface area contributed by atoms with Crippen LogP contribution < -0.4 is 5.32 Å². The monoisotopic (exact) mass is 355 g/mol. The van der Waals surface area contributed by atoms with Crippen LogP contribution in [0.1, 0.15) is 74.1 Å². The highest BCUT2D eigenvalue weighted by Crippen LogP contribution is 2.38. The van der Waals surface area contributed by atoms with Gasteiger partial charge in [-0.3, -0.25) is 4.79 Å². The van der Waals surface area contributed by atoms with Crippen LogP contribution in [0.2, 0.25) is 6.32 Å². The van der Waals surface area contributed by atoms with Gasteiger partial charge in [-0.05, 0) is 53.8 Å². The lowest BCUT2D eigenvalue weighted by molar-refractivity contribution is -0.153. The maximum absolute atomic E-state index is 12.4. The Hall–Kier alpha value is -1.08. The zero-order valence-corrected chi connectivity index (χ0v) is 16.9. The van der Waals surface area contributed by atoms with Crippen LogP contribution in [0.15, 0.2) is 0 Å². The van der Waals surface area contributed by atoms with E-state index in [4.69, 9.17) is 14.0 Å². The van der Waals surface area contributed by atoms with Crippen molar-refractivity contribution in [3.05, 3.63) is 0 Å². The standard InChI is InChI=1S/C18H34BNO5/c1-8-18(20-14(3)21,15(22)23-9-2)12-10-11-13-19-24-16(4,5)17(6,7)25-19/h8-13H2,1-7H3,(H,20,21). The predicted octanol–water partition coefficient (Wildman–Crippen LogP) is 3.10. The van der Waals surface area contributed by atoms with E-state index < -0.39 is 5.54 Å². The summed E-state index contributed by atoms with van der Waals surface area (Å²) in [7, 11) is -0.232. The third-order valence-electron chi connectivity index (χ3n) is 5.28. The molecule has 25 heavy (non-hydrogen) atoms. The van der Waals surface area contributed by atoms with Crippen molar-refractivity contribution in [3.63, 3.8) is 0 Å². The molecule has 0 aromatic carbocycles. The van der Waals surface area contributed by atoms with Crippen LogP contribution in [0, 0.1) is 0 Å². The highest BCUT2D eigenvalue weighted by molar-refractivity contribution is 6.45. The minimum atomic E-state index is -0.947. The Balaban J connectivity index is 2.58. The Morgan fingerprint density at radius 3 is 2.08 bits per heavy atom. The van der Waals surface area contributed by atoms with Crippen LogP contribution in [0.4, 0.5) is 0 Å². The first-order valence-electron chi connectivity index (χ1n) is 9.31. The third kappa shape index (κ3) is 5.45. The lowest BCUT2D eigenvalue weighted by Gasteiger charge is -2.32. The zero-order chi connectivity index (χ0) is 19.3. The van der Waals surface area contributed by atoms with Gasteiger partial charge in [-0.15, -0.1) is 0 Å². The van der Waals surface area contributed by atoms with Gasteiger partial charge in [0.2, 0.25) is 5.91 Å². The Morgan fingerprint density at radius 1 is 1.08 bits per heavy atom. The van der Waals surface area contributed by atoms with Gasteiger partial charge in [-0.25, -0.2) is 4.79 Å². The van der Waals surface area contributed by atoms with E-state index in [9.17, 15) is 9.59 Å². The molecule has 0 bridgehead atoms. The van der Waals surface area contributed by atoms with Crippen LogP contribution in [0.5, 0.6) is 0 Å². The number of carbonyl (C=O) groups is 2. The molecule has 1 aliphatic rings. The Kier molecular flexibility index (Phi) is 7.50. The van der Waals surface area contributed by atoms with Crippen molar-refractivity contribution >= 4 is 19.0 Å². The molecule has 0 radical (unpaired) electrons. The normalized spacial score (nSPS) is 20.8. The van der Waals surface area contributed by atoms with E-state index in [1.54, 1.807) is 6.92 Å². The molecule has 1 aliphatic heterocycles. The van der Waals surface area contributed by atoms with Gasteiger partial charge in [0.25, 0.3) is 0 Å². The summed E-state index contributed by atoms with van der Waals surface area (Å²) in [6.45, 7) is 13.5. The molecule has 1 N–H and O–H groups in total. The van der Waals surface area contributed by atoms with E-state index in [1.807, 2.05) is 34.6 Å². The van der Waals surface area contributed by atoms with E-state index in [0.717, 1.165) is 19.2 Å². The molecular formula is C18H34BNO5. The quantitative estimate of drug-likeness (QED) is 0.391. The first-order valence-corrected chi connectivity index (χ1v) is 9.31. The Morgan fingerprint density at radius 2 is 1.64 bits per heavy atom. The number of nitrogens with one attached hydrogen (secondary N) is 1. The lowest BCUT2D eigenvalue weighted by Crippen LogP contribution is -2.54. The number of amides is 1. The molecule has 1 amide bonds. The van der Waals surface area contributed by atoms with E-state index in [1.165, 1.54) is 6.92 Å². The van der Waals surface area contributed by atoms with Crippen LogP contribution in [0.3, 0.4) is 0 Å². The van der Waals surface area contributed by atoms with Crippen LogP contribution in [0.25, 0.3) is 0 Å². The van der Waals surface area contributed by atoms with Gasteiger partial charge in [-0.2, -0.15) is 0 Å². The molecule has 0 spiro atoms. The van der Waals surface area contributed by atoms with Gasteiger partial charge in [0.15, 0.2) is 0 Å². The predicted molar refractivity (Wildman–Crippen MR) is 98.2 cm³/mol. The number of hydrogen-bond donors (Lipinski definition) is 1. The van der Waals surface area contributed by atoms with Crippen molar-refractivity contribution in [2.24, 2.45) is 0 Å². The van der Waals surface area contributed by atoms with Crippen LogP contribution in [-0.4, -0.2) is 42.3 Å². The molecule has 0 saturated carbocycles. The number of ether oxygens (including phenoxy) is 1. The summed E-state index contributed by atoms with van der Waals surface area (Å²) in [6, 6.07) is 0. The number of unbranched alkanes of at least 4 members (excludes halogenated alkanes) is 1. The highest BCUT2D eigenvalue weighted by Gasteiger charge is 2.50. The van der Waals surface area contributed by atoms with Crippen molar-refractivity contribution in [2.75, 3.05) is 6.61 Å². The molecular weight excluding hydrogens is 321 g/mol. The SMILES string of the molecule is CCOC(=O)C(CC)(CCCCB1OC(C)(C)C(C)(C)O1)NC(C)=O. The fourth-order valence-corrected chi connectivity index (χ4v) is 3.05. The molecule has 1 heterocycles. The zero-order valence-electron chi connectivity index (χ0n) is 16.9. The second kappa shape index (κ2) is 8.54. The largest absolute Gasteiger partial charge is 0.464 e. The maximum atomic E-state index is 12.4. The van der Waals surface area contributed by atoms with Crippen molar-refractivity contribution in [3.8, 4) is 0 Å². The minimum absolute atomic E-state index is 0.221. The fourth-order valence-electron chi connectivity index (χ4n) is 3.05. The third-order valence-corrected chi connectivity index (χ3v) is 5.28. The van der Waals surface area contributed by atoms with Crippen molar-refractivity contribution in [1.29, 1.82) is 0 Å². The van der Waals surface area contributed by atoms with Crippen molar-refractivity contribution in [2.45, 2.75) is 97.2 Å². The summed E-state index contributed by atoms with van der Waals surface area (Å²) >= 11 is 0. The summed E-state index contributed by atoms with van der Waals surface area (Å²) in [5.41, 5.74) is -1.60. The van der Waals surface area contributed by atoms with Gasteiger partial charge in [-0.1, -0.05) is 19.8 Å². The average Bonchev–Trinajstić information content (AvgIpc) is 2.69. The van der Waals surface area contributed by atoms with Crippen LogP contribution in [-0.2, 0) is 23.6 Å². The summed E-state index contributed by atoms with van der Waals surface area (Å²) in [5, 5.41) is 2.81. The summed E-state index contributed by atoms with van der Waals surface area (Å²) in [5.74, 6) is -0.579. The van der Waals surface area contributed by atoms with E-state index in [-0.39, 0.29) is 30.2 Å². The second-order valence-electron chi connectivity index (χ2n) is 7.77. The Labute approximate surface area is 152 Å². The summed E-state index contributed by atoms with van der Waals surface area (Å²) < 4.78 is 17.2. The lowest BCUT2D eigenvalue weighted by atomic mass is 9.80. The first-order chi connectivity index (χ1) is 11.5. The first kappa shape index (κ1) is 22.0. The molecule has 1 rings (SSSR count). The number of esters is 1. The molecule has 1 fully saturated rings. The van der Waals surface area contributed by atoms with E-state index in [0.29, 0.717) is 19.4 Å². The number of rotatable bonds is 9. The van der Waals surface area contributed by atoms with Crippen molar-refractivity contribution in [1.82, 2.24) is 5.32 Å². The topological polar surface area (TPSA) is 73.9 Å². The molecule has 1 saturated heterocycles. The Bertz CT molecular complexity index is 464. The van der Waals surface area contributed by atoms with Gasteiger partial charge >= 0.3 is 13.1 Å². The summed E-state index contributed by atoms with van der Waals surface area (Å²) in [4.78, 5) is 23.9. The molecule has 1 atom stereocenters. The number of carbonyl (C=O) groups excluding carboxylic acids is 2. The molecule has 6 nitrogen and oxygen atoms in total. The van der Waals surface area contributed by atoms with Gasteiger partial charge < -0.3 is 19.4 Å². The van der Waals surface area contributed by atoms with E-state index in [2.05, 4.69) is 5.32 Å². The van der Waals surface area contributed by atoms with Gasteiger partial charge in [0.05, 0.1) is 17.8 Å². The molecule has 7 heteroatoms. The summed E-state index contributed by atoms with van der Waals surface area (Å²) in [6.07, 6.45) is 3.42. The van der Waals surface area contributed by atoms with Gasteiger partial charge in [0, 0.05) is 6.92 Å². The highest BCUT2D eigenvalue weighted by atomic mass is 16.7. The minimum Gasteiger partial charge on any atom is -0.464 e. The van der Waals surface area contributed by atoms with Crippen LogP contribution >= 0.6 is 0 Å². The molecule has 1 unspecified atom stereocenters. The van der Waals surface area contributed by atoms with Gasteiger partial charge in [0.1, 0.15) is 5.54 Å². The average molecular weight is 355 g/mol. The second-order valence-corrected chi connectivity index (χ2v) is 7.77. The molecule has 0 aliphatic carbocycles. The molecule has 144 valence electrons. The van der Waals surface area contributed by atoms with E-state index >= 15 is 0 Å². The fraction of sp³-hybridized carbons (Fsp3) is 0.889. The molecule has 0 aromatic rings. The maximum Gasteiger partial charge on any atom is 0.457 e. The molecule has 0 aromatic heterocycles.